The third-order valence-electron chi connectivity index (χ3n) is 5.28. The summed E-state index contributed by atoms with van der Waals surface area (Å²) in [7, 11) is 0. The van der Waals surface area contributed by atoms with Gasteiger partial charge in [-0.2, -0.15) is 0 Å². The van der Waals surface area contributed by atoms with Crippen molar-refractivity contribution in [3.63, 3.8) is 0 Å². The van der Waals surface area contributed by atoms with E-state index >= 15 is 0 Å². The van der Waals surface area contributed by atoms with Gasteiger partial charge in [-0.25, -0.2) is 0 Å². The Hall–Kier alpha value is -1.95. The highest BCUT2D eigenvalue weighted by molar-refractivity contribution is 9.10. The van der Waals surface area contributed by atoms with Crippen molar-refractivity contribution in [3.05, 3.63) is 40.9 Å². The predicted octanol–water partition coefficient (Wildman–Crippen LogP) is 2.58. The first kappa shape index (κ1) is 15.6. The fourth-order valence-electron chi connectivity index (χ4n) is 4.17. The first-order valence-electron chi connectivity index (χ1n) is 8.13. The van der Waals surface area contributed by atoms with Crippen molar-refractivity contribution < 1.29 is 14.4 Å². The van der Waals surface area contributed by atoms with Crippen LogP contribution in [0.1, 0.15) is 12.8 Å². The third-order valence-corrected chi connectivity index (χ3v) is 5.81. The summed E-state index contributed by atoms with van der Waals surface area (Å²) in [6.07, 6.45) is 6.07. The minimum atomic E-state index is -0.349. The average Bonchev–Trinajstić information content (AvgIpc) is 2.85. The number of rotatable bonds is 3. The number of benzene rings is 1. The van der Waals surface area contributed by atoms with Gasteiger partial charge in [0.1, 0.15) is 6.54 Å². The number of halogens is 1. The van der Waals surface area contributed by atoms with Gasteiger partial charge in [-0.1, -0.05) is 28.1 Å². The maximum absolute atomic E-state index is 12.7. The summed E-state index contributed by atoms with van der Waals surface area (Å²) >= 11 is 3.33. The number of amides is 3. The first-order valence-corrected chi connectivity index (χ1v) is 8.93. The van der Waals surface area contributed by atoms with Crippen molar-refractivity contribution in [2.24, 2.45) is 23.7 Å². The number of anilines is 1. The van der Waals surface area contributed by atoms with Crippen LogP contribution in [0.5, 0.6) is 0 Å². The lowest BCUT2D eigenvalue weighted by atomic mass is 9.63. The Morgan fingerprint density at radius 2 is 1.58 bits per heavy atom. The van der Waals surface area contributed by atoms with Crippen molar-refractivity contribution in [2.75, 3.05) is 11.9 Å². The Kier molecular flexibility index (Phi) is 3.79. The molecule has 4 atom stereocenters. The van der Waals surface area contributed by atoms with E-state index in [1.807, 2.05) is 12.1 Å². The SMILES string of the molecule is O=C(CN1C(=O)[C@H]2[C@H](C1=O)[C@H]1C=C[C@H]2CC1)Nc1ccc(Br)cc1. The number of carbonyl (C=O) groups excluding carboxylic acids is 3. The van der Waals surface area contributed by atoms with E-state index in [-0.39, 0.29) is 47.9 Å². The Labute approximate surface area is 148 Å². The van der Waals surface area contributed by atoms with Crippen LogP contribution in [0.25, 0.3) is 0 Å². The highest BCUT2D eigenvalue weighted by Crippen LogP contribution is 2.49. The molecule has 1 aliphatic heterocycles. The second-order valence-electron chi connectivity index (χ2n) is 6.66. The van der Waals surface area contributed by atoms with Gasteiger partial charge >= 0.3 is 0 Å². The van der Waals surface area contributed by atoms with Gasteiger partial charge in [-0.3, -0.25) is 19.3 Å². The molecule has 1 heterocycles. The molecule has 1 saturated carbocycles. The normalized spacial score (nSPS) is 30.6. The Morgan fingerprint density at radius 3 is 2.08 bits per heavy atom. The maximum Gasteiger partial charge on any atom is 0.244 e. The molecule has 6 heteroatoms. The molecule has 0 aromatic heterocycles. The molecule has 1 aromatic rings. The van der Waals surface area contributed by atoms with Gasteiger partial charge in [0.05, 0.1) is 11.8 Å². The zero-order chi connectivity index (χ0) is 16.8. The number of hydrogen-bond donors (Lipinski definition) is 1. The number of imide groups is 1. The van der Waals surface area contributed by atoms with Gasteiger partial charge < -0.3 is 5.32 Å². The summed E-state index contributed by atoms with van der Waals surface area (Å²) in [6, 6.07) is 7.17. The molecule has 0 radical (unpaired) electrons. The summed E-state index contributed by atoms with van der Waals surface area (Å²) in [5.41, 5.74) is 0.640. The zero-order valence-corrected chi connectivity index (χ0v) is 14.5. The number of nitrogens with zero attached hydrogens (tertiary/aromatic N) is 1. The summed E-state index contributed by atoms with van der Waals surface area (Å²) in [5.74, 6) is -0.946. The molecule has 3 aliphatic carbocycles. The summed E-state index contributed by atoms with van der Waals surface area (Å²) in [4.78, 5) is 38.7. The van der Waals surface area contributed by atoms with E-state index in [0.717, 1.165) is 22.2 Å². The van der Waals surface area contributed by atoms with E-state index in [0.29, 0.717) is 5.69 Å². The maximum atomic E-state index is 12.7. The molecule has 2 fully saturated rings. The quantitative estimate of drug-likeness (QED) is 0.639. The molecule has 5 rings (SSSR count). The van der Waals surface area contributed by atoms with Gasteiger partial charge in [-0.15, -0.1) is 0 Å². The second-order valence-corrected chi connectivity index (χ2v) is 7.57. The van der Waals surface area contributed by atoms with Crippen molar-refractivity contribution in [1.82, 2.24) is 4.90 Å². The van der Waals surface area contributed by atoms with Crippen LogP contribution in [-0.2, 0) is 14.4 Å². The second kappa shape index (κ2) is 5.84. The fourth-order valence-corrected chi connectivity index (χ4v) is 4.43. The van der Waals surface area contributed by atoms with Gasteiger partial charge in [-0.05, 0) is 48.9 Å². The lowest BCUT2D eigenvalue weighted by molar-refractivity contribution is -0.142. The summed E-state index contributed by atoms with van der Waals surface area (Å²) in [5, 5.41) is 2.74. The molecular formula is C18H17BrN2O3. The van der Waals surface area contributed by atoms with Crippen LogP contribution < -0.4 is 5.32 Å². The number of fused-ring (bicyclic) bond motifs is 1. The van der Waals surface area contributed by atoms with Crippen molar-refractivity contribution in [3.8, 4) is 0 Å². The number of hydrogen-bond acceptors (Lipinski definition) is 3. The molecule has 124 valence electrons. The van der Waals surface area contributed by atoms with Crippen LogP contribution in [0, 0.1) is 23.7 Å². The highest BCUT2D eigenvalue weighted by atomic mass is 79.9. The first-order chi connectivity index (χ1) is 11.5. The van der Waals surface area contributed by atoms with Crippen molar-refractivity contribution in [1.29, 1.82) is 0 Å². The lowest BCUT2D eigenvalue weighted by Crippen LogP contribution is -2.38. The topological polar surface area (TPSA) is 66.5 Å². The highest BCUT2D eigenvalue weighted by Gasteiger charge is 2.56. The predicted molar refractivity (Wildman–Crippen MR) is 91.8 cm³/mol. The van der Waals surface area contributed by atoms with E-state index in [4.69, 9.17) is 0 Å². The molecule has 5 nitrogen and oxygen atoms in total. The van der Waals surface area contributed by atoms with Crippen molar-refractivity contribution in [2.45, 2.75) is 12.8 Å². The monoisotopic (exact) mass is 388 g/mol. The molecule has 24 heavy (non-hydrogen) atoms. The van der Waals surface area contributed by atoms with E-state index in [1.165, 1.54) is 0 Å². The fraction of sp³-hybridized carbons (Fsp3) is 0.389. The number of likely N-dealkylation sites (tertiary alicyclic amines) is 1. The molecular weight excluding hydrogens is 372 g/mol. The van der Waals surface area contributed by atoms with Gasteiger partial charge in [0.15, 0.2) is 0 Å². The minimum absolute atomic E-state index is 0.149. The van der Waals surface area contributed by atoms with Crippen LogP contribution in [0.3, 0.4) is 0 Å². The molecule has 1 N–H and O–H groups in total. The average molecular weight is 389 g/mol. The third kappa shape index (κ3) is 2.49. The summed E-state index contributed by atoms with van der Waals surface area (Å²) in [6.45, 7) is -0.208. The number of carbonyl (C=O) groups is 3. The zero-order valence-electron chi connectivity index (χ0n) is 12.9. The lowest BCUT2D eigenvalue weighted by Gasteiger charge is -2.38. The van der Waals surface area contributed by atoms with Gasteiger partial charge in [0.2, 0.25) is 17.7 Å². The molecule has 0 spiro atoms. The molecule has 0 unspecified atom stereocenters. The Morgan fingerprint density at radius 1 is 1.04 bits per heavy atom. The van der Waals surface area contributed by atoms with E-state index in [9.17, 15) is 14.4 Å². The summed E-state index contributed by atoms with van der Waals surface area (Å²) < 4.78 is 0.914. The molecule has 1 aromatic carbocycles. The van der Waals surface area contributed by atoms with E-state index in [2.05, 4.69) is 33.4 Å². The Bertz CT molecular complexity index is 711. The molecule has 2 bridgehead atoms. The van der Waals surface area contributed by atoms with E-state index < -0.39 is 0 Å². The minimum Gasteiger partial charge on any atom is -0.325 e. The molecule has 1 saturated heterocycles. The smallest absolute Gasteiger partial charge is 0.244 e. The van der Waals surface area contributed by atoms with Crippen molar-refractivity contribution >= 4 is 39.3 Å². The molecule has 4 aliphatic rings. The van der Waals surface area contributed by atoms with Crippen LogP contribution >= 0.6 is 15.9 Å². The van der Waals surface area contributed by atoms with Crippen LogP contribution in [0.4, 0.5) is 5.69 Å². The standard InChI is InChI=1S/C18H17BrN2O3/c19-12-5-7-13(8-6-12)20-14(22)9-21-17(23)15-10-1-2-11(4-3-10)16(15)18(21)24/h1-2,5-8,10-11,15-16H,3-4,9H2,(H,20,22)/t10-,11-,15+,16+/m0/s1. The largest absolute Gasteiger partial charge is 0.325 e. The van der Waals surface area contributed by atoms with E-state index in [1.54, 1.807) is 12.1 Å². The van der Waals surface area contributed by atoms with Gasteiger partial charge in [0, 0.05) is 10.2 Å². The van der Waals surface area contributed by atoms with Crippen LogP contribution in [0.2, 0.25) is 0 Å². The van der Waals surface area contributed by atoms with Crippen LogP contribution in [-0.4, -0.2) is 29.2 Å². The Balaban J connectivity index is 1.47. The number of allylic oxidation sites excluding steroid dienone is 2. The molecule has 3 amide bonds. The van der Waals surface area contributed by atoms with Crippen LogP contribution in [0.15, 0.2) is 40.9 Å². The van der Waals surface area contributed by atoms with Gasteiger partial charge in [0.25, 0.3) is 0 Å². The number of nitrogens with one attached hydrogen (secondary N) is 1.